The minimum atomic E-state index is -0.336. The zero-order valence-electron chi connectivity index (χ0n) is 13.9. The summed E-state index contributed by atoms with van der Waals surface area (Å²) in [6.45, 7) is 3.26. The lowest BCUT2D eigenvalue weighted by molar-refractivity contribution is 0.0816. The van der Waals surface area contributed by atoms with E-state index in [-0.39, 0.29) is 23.5 Å². The molecule has 8 heteroatoms. The largest absolute Gasteiger partial charge is 0.393 e. The van der Waals surface area contributed by atoms with Crippen molar-refractivity contribution in [1.82, 2.24) is 25.2 Å². The molecule has 2 heterocycles. The second-order valence-electron chi connectivity index (χ2n) is 6.18. The Morgan fingerprint density at radius 3 is 2.72 bits per heavy atom. The lowest BCUT2D eigenvalue weighted by atomic mass is 10.1. The quantitative estimate of drug-likeness (QED) is 0.761. The molecule has 0 atom stereocenters. The van der Waals surface area contributed by atoms with Gasteiger partial charge in [0.2, 0.25) is 0 Å². The van der Waals surface area contributed by atoms with E-state index in [2.05, 4.69) is 20.4 Å². The first-order chi connectivity index (χ1) is 12.1. The third kappa shape index (κ3) is 4.83. The van der Waals surface area contributed by atoms with Crippen molar-refractivity contribution in [2.75, 3.05) is 26.2 Å². The molecular weight excluding hydrogens is 325 g/mol. The molecule has 0 aliphatic carbocycles. The number of likely N-dealkylation sites (tertiary alicyclic amines) is 1. The molecule has 25 heavy (non-hydrogen) atoms. The molecule has 0 saturated carbocycles. The fourth-order valence-corrected chi connectivity index (χ4v) is 2.80. The number of halogens is 1. The smallest absolute Gasteiger partial charge is 0.273 e. The van der Waals surface area contributed by atoms with E-state index < -0.39 is 0 Å². The molecule has 2 N–H and O–H groups in total. The van der Waals surface area contributed by atoms with Crippen LogP contribution < -0.4 is 5.32 Å². The van der Waals surface area contributed by atoms with Crippen LogP contribution >= 0.6 is 0 Å². The Hall–Kier alpha value is -2.32. The molecule has 1 aliphatic heterocycles. The second-order valence-corrected chi connectivity index (χ2v) is 6.18. The van der Waals surface area contributed by atoms with Crippen LogP contribution in [0.25, 0.3) is 5.69 Å². The summed E-state index contributed by atoms with van der Waals surface area (Å²) in [5.41, 5.74) is 0.818. The first-order valence-corrected chi connectivity index (χ1v) is 8.49. The number of carbonyl (C=O) groups excluding carboxylic acids is 1. The van der Waals surface area contributed by atoms with Gasteiger partial charge in [-0.15, -0.1) is 5.10 Å². The molecule has 1 aromatic carbocycles. The van der Waals surface area contributed by atoms with Crippen molar-refractivity contribution in [1.29, 1.82) is 0 Å². The first-order valence-electron chi connectivity index (χ1n) is 8.49. The lowest BCUT2D eigenvalue weighted by Gasteiger charge is -2.29. The molecule has 134 valence electrons. The van der Waals surface area contributed by atoms with Crippen LogP contribution in [0.5, 0.6) is 0 Å². The summed E-state index contributed by atoms with van der Waals surface area (Å²) in [5, 5.41) is 20.5. The molecular formula is C17H22FN5O2. The van der Waals surface area contributed by atoms with Crippen LogP contribution in [-0.4, -0.2) is 63.2 Å². The van der Waals surface area contributed by atoms with Gasteiger partial charge in [0.15, 0.2) is 5.69 Å². The summed E-state index contributed by atoms with van der Waals surface area (Å²) in [7, 11) is 0. The molecule has 2 aromatic rings. The molecule has 1 fully saturated rings. The number of nitrogens with zero attached hydrogens (tertiary/aromatic N) is 4. The monoisotopic (exact) mass is 347 g/mol. The maximum absolute atomic E-state index is 12.9. The average molecular weight is 347 g/mol. The van der Waals surface area contributed by atoms with Gasteiger partial charge in [0, 0.05) is 19.6 Å². The van der Waals surface area contributed by atoms with Crippen molar-refractivity contribution >= 4 is 5.91 Å². The second kappa shape index (κ2) is 8.17. The highest BCUT2D eigenvalue weighted by molar-refractivity contribution is 5.91. The Morgan fingerprint density at radius 2 is 2.00 bits per heavy atom. The van der Waals surface area contributed by atoms with E-state index in [1.165, 1.54) is 23.1 Å². The Morgan fingerprint density at radius 1 is 1.28 bits per heavy atom. The molecule has 1 amide bonds. The van der Waals surface area contributed by atoms with Gasteiger partial charge in [0.05, 0.1) is 18.0 Å². The van der Waals surface area contributed by atoms with Crippen LogP contribution in [0.1, 0.15) is 29.8 Å². The normalized spacial score (nSPS) is 16.1. The van der Waals surface area contributed by atoms with Gasteiger partial charge in [0.1, 0.15) is 5.82 Å². The number of aliphatic hydroxyl groups is 1. The molecule has 1 aromatic heterocycles. The lowest BCUT2D eigenvalue weighted by Crippen LogP contribution is -2.37. The van der Waals surface area contributed by atoms with Gasteiger partial charge in [-0.05, 0) is 50.1 Å². The molecule has 1 saturated heterocycles. The number of piperidine rings is 1. The van der Waals surface area contributed by atoms with E-state index in [0.29, 0.717) is 12.2 Å². The summed E-state index contributed by atoms with van der Waals surface area (Å²) in [6.07, 6.45) is 3.70. The van der Waals surface area contributed by atoms with E-state index in [1.807, 2.05) is 0 Å². The number of amides is 1. The van der Waals surface area contributed by atoms with Crippen molar-refractivity contribution in [2.45, 2.75) is 25.4 Å². The Kier molecular flexibility index (Phi) is 5.72. The number of hydrogen-bond donors (Lipinski definition) is 2. The maximum atomic E-state index is 12.9. The first kappa shape index (κ1) is 17.5. The van der Waals surface area contributed by atoms with Gasteiger partial charge >= 0.3 is 0 Å². The molecule has 0 spiro atoms. The highest BCUT2D eigenvalue weighted by atomic mass is 19.1. The van der Waals surface area contributed by atoms with Crippen LogP contribution in [0.2, 0.25) is 0 Å². The summed E-state index contributed by atoms with van der Waals surface area (Å²) >= 11 is 0. The van der Waals surface area contributed by atoms with E-state index in [1.54, 1.807) is 12.1 Å². The van der Waals surface area contributed by atoms with Gasteiger partial charge in [0.25, 0.3) is 5.91 Å². The Bertz CT molecular complexity index is 695. The van der Waals surface area contributed by atoms with Gasteiger partial charge in [-0.2, -0.15) is 9.90 Å². The maximum Gasteiger partial charge on any atom is 0.273 e. The predicted molar refractivity (Wildman–Crippen MR) is 89.9 cm³/mol. The topological polar surface area (TPSA) is 83.3 Å². The van der Waals surface area contributed by atoms with Crippen LogP contribution in [0.3, 0.4) is 0 Å². The van der Waals surface area contributed by atoms with E-state index >= 15 is 0 Å². The van der Waals surface area contributed by atoms with Gasteiger partial charge in [-0.3, -0.25) is 4.79 Å². The molecule has 0 radical (unpaired) electrons. The SMILES string of the molecule is O=C(NCCCN1CCC(O)CC1)c1cnn(-c2ccc(F)cc2)n1. The van der Waals surface area contributed by atoms with Gasteiger partial charge < -0.3 is 15.3 Å². The van der Waals surface area contributed by atoms with E-state index in [0.717, 1.165) is 38.9 Å². The highest BCUT2D eigenvalue weighted by Crippen LogP contribution is 2.10. The van der Waals surface area contributed by atoms with Crippen LogP contribution in [0.15, 0.2) is 30.5 Å². The van der Waals surface area contributed by atoms with E-state index in [9.17, 15) is 14.3 Å². The molecule has 1 aliphatic rings. The van der Waals surface area contributed by atoms with Crippen LogP contribution in [0.4, 0.5) is 4.39 Å². The number of benzene rings is 1. The minimum absolute atomic E-state index is 0.167. The number of rotatable bonds is 6. The molecule has 0 bridgehead atoms. The summed E-state index contributed by atoms with van der Waals surface area (Å²) in [6, 6.07) is 5.73. The zero-order valence-corrected chi connectivity index (χ0v) is 13.9. The number of hydrogen-bond acceptors (Lipinski definition) is 5. The highest BCUT2D eigenvalue weighted by Gasteiger charge is 2.16. The fourth-order valence-electron chi connectivity index (χ4n) is 2.80. The third-order valence-electron chi connectivity index (χ3n) is 4.28. The van der Waals surface area contributed by atoms with E-state index in [4.69, 9.17) is 0 Å². The van der Waals surface area contributed by atoms with Gasteiger partial charge in [-0.1, -0.05) is 0 Å². The number of aliphatic hydroxyl groups excluding tert-OH is 1. The van der Waals surface area contributed by atoms with Crippen molar-refractivity contribution in [3.63, 3.8) is 0 Å². The van der Waals surface area contributed by atoms with Crippen LogP contribution in [0, 0.1) is 5.82 Å². The average Bonchev–Trinajstić information content (AvgIpc) is 3.11. The number of carbonyl (C=O) groups is 1. The van der Waals surface area contributed by atoms with Crippen molar-refractivity contribution in [3.8, 4) is 5.69 Å². The standard InChI is InChI=1S/C17H22FN5O2/c18-13-2-4-14(5-3-13)23-20-12-16(21-23)17(25)19-8-1-9-22-10-6-15(24)7-11-22/h2-5,12,15,24H,1,6-11H2,(H,19,25). The summed E-state index contributed by atoms with van der Waals surface area (Å²) < 4.78 is 12.9. The molecule has 7 nitrogen and oxygen atoms in total. The summed E-state index contributed by atoms with van der Waals surface area (Å²) in [5.74, 6) is -0.612. The minimum Gasteiger partial charge on any atom is -0.393 e. The Balaban J connectivity index is 1.43. The Labute approximate surface area is 145 Å². The van der Waals surface area contributed by atoms with Crippen LogP contribution in [-0.2, 0) is 0 Å². The van der Waals surface area contributed by atoms with Crippen molar-refractivity contribution < 1.29 is 14.3 Å². The number of nitrogens with one attached hydrogen (secondary N) is 1. The zero-order chi connectivity index (χ0) is 17.6. The molecule has 0 unspecified atom stereocenters. The molecule has 3 rings (SSSR count). The third-order valence-corrected chi connectivity index (χ3v) is 4.28. The number of aromatic nitrogens is 3. The fraction of sp³-hybridized carbons (Fsp3) is 0.471. The van der Waals surface area contributed by atoms with Gasteiger partial charge in [-0.25, -0.2) is 4.39 Å². The summed E-state index contributed by atoms with van der Waals surface area (Å²) in [4.78, 5) is 15.7. The predicted octanol–water partition coefficient (Wildman–Crippen LogP) is 0.983. The van der Waals surface area contributed by atoms with Crippen molar-refractivity contribution in [3.05, 3.63) is 42.0 Å². The van der Waals surface area contributed by atoms with Crippen molar-refractivity contribution in [2.24, 2.45) is 0 Å².